The molecule has 1 aliphatic rings. The van der Waals surface area contributed by atoms with Gasteiger partial charge in [0, 0.05) is 18.8 Å². The quantitative estimate of drug-likeness (QED) is 0.849. The van der Waals surface area contributed by atoms with Crippen LogP contribution in [0.2, 0.25) is 0 Å². The van der Waals surface area contributed by atoms with E-state index in [4.69, 9.17) is 0 Å². The Morgan fingerprint density at radius 1 is 1.35 bits per heavy atom. The lowest BCUT2D eigenvalue weighted by Gasteiger charge is -2.30. The van der Waals surface area contributed by atoms with E-state index in [2.05, 4.69) is 22.2 Å². The van der Waals surface area contributed by atoms with Crippen LogP contribution in [0.25, 0.3) is 0 Å². The second-order valence-corrected chi connectivity index (χ2v) is 4.99. The molecular formula is C14H23N3. The molecule has 17 heavy (non-hydrogen) atoms. The van der Waals surface area contributed by atoms with Crippen molar-refractivity contribution < 1.29 is 0 Å². The third-order valence-corrected chi connectivity index (χ3v) is 3.85. The Labute approximate surface area is 104 Å². The fourth-order valence-corrected chi connectivity index (χ4v) is 2.84. The van der Waals surface area contributed by atoms with Crippen LogP contribution >= 0.6 is 0 Å². The summed E-state index contributed by atoms with van der Waals surface area (Å²) in [5.41, 5.74) is 1.09. The molecule has 1 aromatic rings. The Morgan fingerprint density at radius 2 is 2.18 bits per heavy atom. The second-order valence-electron chi connectivity index (χ2n) is 4.99. The zero-order valence-electron chi connectivity index (χ0n) is 10.7. The molecule has 3 nitrogen and oxygen atoms in total. The molecule has 94 valence electrons. The third kappa shape index (κ3) is 3.77. The summed E-state index contributed by atoms with van der Waals surface area (Å²) in [7, 11) is 0. The summed E-state index contributed by atoms with van der Waals surface area (Å²) in [5.74, 6) is 0.871. The molecule has 2 rings (SSSR count). The fraction of sp³-hybridized carbons (Fsp3) is 0.714. The highest BCUT2D eigenvalue weighted by Gasteiger charge is 2.21. The van der Waals surface area contributed by atoms with Gasteiger partial charge < -0.3 is 5.32 Å². The topological polar surface area (TPSA) is 37.8 Å². The van der Waals surface area contributed by atoms with Crippen molar-refractivity contribution in [2.24, 2.45) is 5.92 Å². The molecule has 1 aliphatic carbocycles. The Kier molecular flexibility index (Phi) is 4.92. The van der Waals surface area contributed by atoms with Gasteiger partial charge in [0.2, 0.25) is 0 Å². The first-order chi connectivity index (χ1) is 8.40. The minimum Gasteiger partial charge on any atom is -0.308 e. The van der Waals surface area contributed by atoms with Gasteiger partial charge in [-0.3, -0.25) is 0 Å². The van der Waals surface area contributed by atoms with Gasteiger partial charge >= 0.3 is 0 Å². The van der Waals surface area contributed by atoms with E-state index in [0.29, 0.717) is 6.04 Å². The maximum Gasteiger partial charge on any atom is 0.115 e. The molecule has 1 unspecified atom stereocenters. The Hall–Kier alpha value is -0.960. The van der Waals surface area contributed by atoms with E-state index in [9.17, 15) is 0 Å². The zero-order valence-corrected chi connectivity index (χ0v) is 10.7. The monoisotopic (exact) mass is 233 g/mol. The highest BCUT2D eigenvalue weighted by molar-refractivity contribution is 4.97. The van der Waals surface area contributed by atoms with Crippen LogP contribution in [0.1, 0.15) is 51.1 Å². The Balaban J connectivity index is 1.82. The van der Waals surface area contributed by atoms with Gasteiger partial charge in [0.1, 0.15) is 6.33 Å². The molecule has 0 aliphatic heterocycles. The first-order valence-electron chi connectivity index (χ1n) is 6.88. The van der Waals surface area contributed by atoms with Crippen molar-refractivity contribution in [1.29, 1.82) is 0 Å². The molecule has 1 atom stereocenters. The summed E-state index contributed by atoms with van der Waals surface area (Å²) in [6, 6.07) is 2.64. The van der Waals surface area contributed by atoms with E-state index in [1.54, 1.807) is 6.33 Å². The molecule has 1 N–H and O–H groups in total. The molecular weight excluding hydrogens is 210 g/mol. The lowest BCUT2D eigenvalue weighted by atomic mass is 9.83. The lowest BCUT2D eigenvalue weighted by Crippen LogP contribution is -2.36. The molecule has 0 saturated heterocycles. The number of nitrogens with one attached hydrogen (secondary N) is 1. The average Bonchev–Trinajstić information content (AvgIpc) is 2.42. The van der Waals surface area contributed by atoms with Crippen LogP contribution in [0.5, 0.6) is 0 Å². The standard InChI is InChI=1S/C14H23N3/c1-2-14(12-6-4-3-5-7-12)16-10-13-8-9-15-11-17-13/h8-9,11-12,14,16H,2-7,10H2,1H3. The number of hydrogen-bond acceptors (Lipinski definition) is 3. The number of aromatic nitrogens is 2. The van der Waals surface area contributed by atoms with Crippen molar-refractivity contribution >= 4 is 0 Å². The highest BCUT2D eigenvalue weighted by Crippen LogP contribution is 2.27. The number of rotatable bonds is 5. The van der Waals surface area contributed by atoms with Gasteiger partial charge in [0.15, 0.2) is 0 Å². The first-order valence-corrected chi connectivity index (χ1v) is 6.88. The largest absolute Gasteiger partial charge is 0.308 e. The highest BCUT2D eigenvalue weighted by atomic mass is 14.9. The lowest BCUT2D eigenvalue weighted by molar-refractivity contribution is 0.261. The smallest absolute Gasteiger partial charge is 0.115 e. The Bertz CT molecular complexity index is 307. The van der Waals surface area contributed by atoms with E-state index >= 15 is 0 Å². The summed E-state index contributed by atoms with van der Waals surface area (Å²) in [6.07, 6.45) is 11.7. The summed E-state index contributed by atoms with van der Waals surface area (Å²) < 4.78 is 0. The van der Waals surface area contributed by atoms with Crippen LogP contribution in [0, 0.1) is 5.92 Å². The van der Waals surface area contributed by atoms with Crippen LogP contribution in [-0.4, -0.2) is 16.0 Å². The van der Waals surface area contributed by atoms with E-state index in [-0.39, 0.29) is 0 Å². The SMILES string of the molecule is CCC(NCc1ccncn1)C1CCCCC1. The molecule has 1 fully saturated rings. The van der Waals surface area contributed by atoms with Crippen molar-refractivity contribution in [1.82, 2.24) is 15.3 Å². The van der Waals surface area contributed by atoms with Crippen molar-refractivity contribution in [3.05, 3.63) is 24.3 Å². The van der Waals surface area contributed by atoms with Crippen LogP contribution in [-0.2, 0) is 6.54 Å². The van der Waals surface area contributed by atoms with Gasteiger partial charge in [-0.1, -0.05) is 26.2 Å². The molecule has 0 radical (unpaired) electrons. The van der Waals surface area contributed by atoms with Gasteiger partial charge in [-0.25, -0.2) is 9.97 Å². The van der Waals surface area contributed by atoms with Crippen LogP contribution < -0.4 is 5.32 Å². The molecule has 0 bridgehead atoms. The normalized spacial score (nSPS) is 19.1. The summed E-state index contributed by atoms with van der Waals surface area (Å²) >= 11 is 0. The van der Waals surface area contributed by atoms with Gasteiger partial charge in [-0.15, -0.1) is 0 Å². The predicted octanol–water partition coefficient (Wildman–Crippen LogP) is 2.93. The van der Waals surface area contributed by atoms with Gasteiger partial charge in [0.05, 0.1) is 5.69 Å². The van der Waals surface area contributed by atoms with Crippen molar-refractivity contribution in [3.63, 3.8) is 0 Å². The zero-order chi connectivity index (χ0) is 11.9. The van der Waals surface area contributed by atoms with Gasteiger partial charge in [0.25, 0.3) is 0 Å². The van der Waals surface area contributed by atoms with Crippen molar-refractivity contribution in [3.8, 4) is 0 Å². The maximum absolute atomic E-state index is 4.26. The third-order valence-electron chi connectivity index (χ3n) is 3.85. The van der Waals surface area contributed by atoms with E-state index in [1.165, 1.54) is 38.5 Å². The molecule has 0 amide bonds. The summed E-state index contributed by atoms with van der Waals surface area (Å²) in [4.78, 5) is 8.20. The summed E-state index contributed by atoms with van der Waals surface area (Å²) in [6.45, 7) is 3.16. The van der Waals surface area contributed by atoms with Crippen molar-refractivity contribution in [2.45, 2.75) is 58.0 Å². The molecule has 1 heterocycles. The molecule has 1 aromatic heterocycles. The average molecular weight is 233 g/mol. The van der Waals surface area contributed by atoms with E-state index < -0.39 is 0 Å². The second kappa shape index (κ2) is 6.70. The minimum atomic E-state index is 0.658. The summed E-state index contributed by atoms with van der Waals surface area (Å²) in [5, 5.41) is 3.67. The van der Waals surface area contributed by atoms with Gasteiger partial charge in [-0.05, 0) is 31.2 Å². The van der Waals surface area contributed by atoms with E-state index in [1.807, 2.05) is 12.3 Å². The maximum atomic E-state index is 4.26. The minimum absolute atomic E-state index is 0.658. The van der Waals surface area contributed by atoms with Crippen LogP contribution in [0.4, 0.5) is 0 Å². The predicted molar refractivity (Wildman–Crippen MR) is 69.5 cm³/mol. The molecule has 1 saturated carbocycles. The number of hydrogen-bond donors (Lipinski definition) is 1. The Morgan fingerprint density at radius 3 is 2.82 bits per heavy atom. The first kappa shape index (κ1) is 12.5. The molecule has 0 aromatic carbocycles. The van der Waals surface area contributed by atoms with Crippen LogP contribution in [0.15, 0.2) is 18.6 Å². The van der Waals surface area contributed by atoms with Crippen LogP contribution in [0.3, 0.4) is 0 Å². The fourth-order valence-electron chi connectivity index (χ4n) is 2.84. The van der Waals surface area contributed by atoms with E-state index in [0.717, 1.165) is 18.2 Å². The van der Waals surface area contributed by atoms with Gasteiger partial charge in [-0.2, -0.15) is 0 Å². The molecule has 0 spiro atoms. The number of nitrogens with zero attached hydrogens (tertiary/aromatic N) is 2. The molecule has 3 heteroatoms. The van der Waals surface area contributed by atoms with Crippen molar-refractivity contribution in [2.75, 3.05) is 0 Å².